The average molecular weight is 215 g/mol. The van der Waals surface area contributed by atoms with Gasteiger partial charge in [0.05, 0.1) is 5.67 Å². The van der Waals surface area contributed by atoms with Gasteiger partial charge in [-0.25, -0.2) is 0 Å². The normalized spacial score (nSPS) is 15.7. The molecule has 84 valence electrons. The molecule has 0 amide bonds. The van der Waals surface area contributed by atoms with E-state index in [0.717, 1.165) is 19.4 Å². The first kappa shape index (κ1) is 13.8. The zero-order valence-corrected chi connectivity index (χ0v) is 11.8. The lowest BCUT2D eigenvalue weighted by Gasteiger charge is -2.11. The Hall–Kier alpha value is -0.153. The fraction of sp³-hybridized carbons (Fsp3) is 0.909. The molecule has 0 saturated heterocycles. The summed E-state index contributed by atoms with van der Waals surface area (Å²) in [4.78, 5) is 4.73. The molecule has 0 fully saturated rings. The predicted octanol–water partition coefficient (Wildman–Crippen LogP) is 2.35. The quantitative estimate of drug-likeness (QED) is 0.472. The van der Waals surface area contributed by atoms with Crippen molar-refractivity contribution in [3.8, 4) is 0 Å². The second-order valence-electron chi connectivity index (χ2n) is 4.18. The van der Waals surface area contributed by atoms with Crippen molar-refractivity contribution in [3.63, 3.8) is 0 Å². The third-order valence-corrected chi connectivity index (χ3v) is 3.88. The first-order valence-corrected chi connectivity index (χ1v) is 7.10. The highest BCUT2D eigenvalue weighted by atomic mass is 28.2. The van der Waals surface area contributed by atoms with Crippen LogP contribution in [0.5, 0.6) is 0 Å². The van der Waals surface area contributed by atoms with Gasteiger partial charge in [-0.2, -0.15) is 0 Å². The van der Waals surface area contributed by atoms with E-state index in [1.807, 2.05) is 0 Å². The predicted molar refractivity (Wildman–Crippen MR) is 66.8 cm³/mol. The molecule has 1 atom stereocenters. The molecular weight excluding hydrogens is 190 g/mol. The number of rotatable bonds is 7. The van der Waals surface area contributed by atoms with Crippen molar-refractivity contribution in [2.24, 2.45) is 10.9 Å². The van der Waals surface area contributed by atoms with Crippen molar-refractivity contribution >= 4 is 15.5 Å². The molecule has 0 saturated carbocycles. The Balaban J connectivity index is 3.98. The lowest BCUT2D eigenvalue weighted by Crippen LogP contribution is -2.18. The van der Waals surface area contributed by atoms with Crippen LogP contribution in [0.2, 0.25) is 0 Å². The topological polar surface area (TPSA) is 21.6 Å². The van der Waals surface area contributed by atoms with E-state index in [9.17, 15) is 0 Å². The zero-order chi connectivity index (χ0) is 11.0. The summed E-state index contributed by atoms with van der Waals surface area (Å²) in [6.07, 6.45) is 2.25. The Bertz CT molecular complexity index is 169. The minimum Gasteiger partial charge on any atom is -0.422 e. The second kappa shape index (κ2) is 8.18. The summed E-state index contributed by atoms with van der Waals surface area (Å²) in [5, 5.41) is 0. The second-order valence-corrected chi connectivity index (χ2v) is 5.87. The van der Waals surface area contributed by atoms with Crippen LogP contribution in [0, 0.1) is 5.92 Å². The van der Waals surface area contributed by atoms with E-state index < -0.39 is 9.76 Å². The molecule has 0 heterocycles. The molecule has 3 heteroatoms. The van der Waals surface area contributed by atoms with Crippen LogP contribution in [0.4, 0.5) is 0 Å². The van der Waals surface area contributed by atoms with Gasteiger partial charge in [0.15, 0.2) is 9.76 Å². The molecule has 2 nitrogen and oxygen atoms in total. The summed E-state index contributed by atoms with van der Waals surface area (Å²) < 4.78 is 5.52. The number of hydrogen-bond acceptors (Lipinski definition) is 2. The van der Waals surface area contributed by atoms with Gasteiger partial charge in [-0.3, -0.25) is 4.99 Å². The van der Waals surface area contributed by atoms with Gasteiger partial charge in [-0.1, -0.05) is 20.8 Å². The maximum Gasteiger partial charge on any atom is 0.185 e. The summed E-state index contributed by atoms with van der Waals surface area (Å²) in [6.45, 7) is 11.7. The molecule has 0 radical (unpaired) electrons. The van der Waals surface area contributed by atoms with Crippen LogP contribution in [0.25, 0.3) is 0 Å². The van der Waals surface area contributed by atoms with Gasteiger partial charge >= 0.3 is 0 Å². The van der Waals surface area contributed by atoms with Gasteiger partial charge in [0.25, 0.3) is 0 Å². The van der Waals surface area contributed by atoms with E-state index >= 15 is 0 Å². The van der Waals surface area contributed by atoms with Crippen molar-refractivity contribution in [1.82, 2.24) is 0 Å². The van der Waals surface area contributed by atoms with E-state index in [2.05, 4.69) is 34.6 Å². The van der Waals surface area contributed by atoms with Crippen LogP contribution in [0.3, 0.4) is 0 Å². The molecule has 0 aliphatic rings. The molecule has 0 aliphatic carbocycles. The molecule has 0 aromatic carbocycles. The summed E-state index contributed by atoms with van der Waals surface area (Å²) in [7, 11) is -0.439. The Kier molecular flexibility index (Phi) is 8.09. The SMILES string of the molecule is CCO[SiH2]C(CC)N=C(C)CC(C)C. The molecule has 14 heavy (non-hydrogen) atoms. The highest BCUT2D eigenvalue weighted by molar-refractivity contribution is 6.30. The molecule has 0 aromatic rings. The average Bonchev–Trinajstić information content (AvgIpc) is 2.10. The van der Waals surface area contributed by atoms with Crippen LogP contribution in [-0.2, 0) is 4.43 Å². The van der Waals surface area contributed by atoms with Crippen LogP contribution >= 0.6 is 0 Å². The third-order valence-electron chi connectivity index (χ3n) is 2.09. The number of hydrogen-bond donors (Lipinski definition) is 0. The molecule has 1 unspecified atom stereocenters. The van der Waals surface area contributed by atoms with Gasteiger partial charge < -0.3 is 4.43 Å². The fourth-order valence-corrected chi connectivity index (χ4v) is 2.59. The first-order valence-electron chi connectivity index (χ1n) is 5.71. The zero-order valence-electron chi connectivity index (χ0n) is 10.3. The van der Waals surface area contributed by atoms with Gasteiger partial charge in [0.1, 0.15) is 0 Å². The van der Waals surface area contributed by atoms with Crippen molar-refractivity contribution in [1.29, 1.82) is 0 Å². The van der Waals surface area contributed by atoms with Crippen molar-refractivity contribution in [2.75, 3.05) is 6.61 Å². The third kappa shape index (κ3) is 7.27. The van der Waals surface area contributed by atoms with Crippen molar-refractivity contribution in [2.45, 2.75) is 53.1 Å². The standard InChI is InChI=1S/C11H25NOSi/c1-6-11(14-13-7-2)12-10(5)8-9(3)4/h9,11H,6-8,14H2,1-5H3. The van der Waals surface area contributed by atoms with E-state index in [0.29, 0.717) is 11.6 Å². The van der Waals surface area contributed by atoms with Crippen LogP contribution < -0.4 is 0 Å². The van der Waals surface area contributed by atoms with E-state index in [-0.39, 0.29) is 0 Å². The van der Waals surface area contributed by atoms with Gasteiger partial charge in [-0.15, -0.1) is 0 Å². The molecule has 0 bridgehead atoms. The molecule has 0 rings (SSSR count). The van der Waals surface area contributed by atoms with E-state index in [1.54, 1.807) is 0 Å². The molecule has 0 aliphatic heterocycles. The first-order chi connectivity index (χ1) is 6.60. The lowest BCUT2D eigenvalue weighted by atomic mass is 10.1. The Labute approximate surface area is 91.1 Å². The molecule has 0 aromatic heterocycles. The summed E-state index contributed by atoms with van der Waals surface area (Å²) in [5.41, 5.74) is 1.78. The van der Waals surface area contributed by atoms with E-state index in [1.165, 1.54) is 5.71 Å². The Morgan fingerprint density at radius 3 is 2.43 bits per heavy atom. The number of nitrogens with zero attached hydrogens (tertiary/aromatic N) is 1. The summed E-state index contributed by atoms with van der Waals surface area (Å²) >= 11 is 0. The maximum atomic E-state index is 5.52. The lowest BCUT2D eigenvalue weighted by molar-refractivity contribution is 0.352. The Morgan fingerprint density at radius 2 is 2.00 bits per heavy atom. The Morgan fingerprint density at radius 1 is 1.36 bits per heavy atom. The minimum absolute atomic E-state index is 0.439. The molecular formula is C11H25NOSi. The molecule has 0 N–H and O–H groups in total. The van der Waals surface area contributed by atoms with Gasteiger partial charge in [0, 0.05) is 12.3 Å². The monoisotopic (exact) mass is 215 g/mol. The van der Waals surface area contributed by atoms with Crippen LogP contribution in [0.1, 0.15) is 47.5 Å². The van der Waals surface area contributed by atoms with Crippen molar-refractivity contribution < 1.29 is 4.43 Å². The maximum absolute atomic E-state index is 5.52. The molecule has 0 spiro atoms. The van der Waals surface area contributed by atoms with Crippen molar-refractivity contribution in [3.05, 3.63) is 0 Å². The highest BCUT2D eigenvalue weighted by Crippen LogP contribution is 2.04. The number of aliphatic imine (C=N–C) groups is 1. The fourth-order valence-electron chi connectivity index (χ4n) is 1.46. The largest absolute Gasteiger partial charge is 0.422 e. The summed E-state index contributed by atoms with van der Waals surface area (Å²) in [5.74, 6) is 0.713. The van der Waals surface area contributed by atoms with Gasteiger partial charge in [0.2, 0.25) is 0 Å². The van der Waals surface area contributed by atoms with Crippen LogP contribution in [0.15, 0.2) is 4.99 Å². The minimum atomic E-state index is -0.439. The smallest absolute Gasteiger partial charge is 0.185 e. The van der Waals surface area contributed by atoms with E-state index in [4.69, 9.17) is 9.42 Å². The van der Waals surface area contributed by atoms with Crippen LogP contribution in [-0.4, -0.2) is 27.7 Å². The van der Waals surface area contributed by atoms with Gasteiger partial charge in [-0.05, 0) is 32.6 Å². The highest BCUT2D eigenvalue weighted by Gasteiger charge is 2.06. The summed E-state index contributed by atoms with van der Waals surface area (Å²) in [6, 6.07) is 0.